The zero-order chi connectivity index (χ0) is 26.2. The van der Waals surface area contributed by atoms with Crippen molar-refractivity contribution in [3.8, 4) is 0 Å². The number of Topliss-reactive ketones (excluding diaryl/α,β-unsaturated/α-hetero) is 1. The van der Waals surface area contributed by atoms with E-state index in [2.05, 4.69) is 16.8 Å². The topological polar surface area (TPSA) is 145 Å². The van der Waals surface area contributed by atoms with Crippen molar-refractivity contribution in [3.05, 3.63) is 0 Å². The first kappa shape index (κ1) is 34.2. The lowest BCUT2D eigenvalue weighted by Crippen LogP contribution is -2.69. The number of amides is 2. The summed E-state index contributed by atoms with van der Waals surface area (Å²) in [6.45, 7) is 2.41. The molecule has 0 fully saturated rings. The van der Waals surface area contributed by atoms with Gasteiger partial charge >= 0.3 is 0 Å². The minimum Gasteiger partial charge on any atom is -0.364 e. The van der Waals surface area contributed by atoms with Gasteiger partial charge in [0.1, 0.15) is 5.78 Å². The number of quaternary nitrogens is 2. The Hall–Kier alpha value is -0.770. The highest BCUT2D eigenvalue weighted by molar-refractivity contribution is 8.76. The average Bonchev–Trinajstić information content (AvgIpc) is 2.82. The molecule has 0 spiro atoms. The second kappa shape index (κ2) is 24.9. The summed E-state index contributed by atoms with van der Waals surface area (Å²) in [7, 11) is 3.05. The standard InChI is InChI=1S/C26H52N4O3S2/c1-22(31)18-16-14-12-10-8-6-4-2-3-5-7-9-11-13-15-17-19-30-26(33)24(28)21-35-34-20-23(27)25(29)32/h23-24H,2-21,27-28H2,1H3,(H2,29,32)(H,30,33)/p+2. The van der Waals surface area contributed by atoms with Gasteiger partial charge < -0.3 is 27.3 Å². The highest BCUT2D eigenvalue weighted by Gasteiger charge is 2.18. The molecule has 2 atom stereocenters. The number of ketones is 1. The third-order valence-corrected chi connectivity index (χ3v) is 8.71. The van der Waals surface area contributed by atoms with Crippen molar-refractivity contribution in [2.75, 3.05) is 18.1 Å². The van der Waals surface area contributed by atoms with Gasteiger partial charge in [-0.1, -0.05) is 111 Å². The molecule has 0 aliphatic heterocycles. The number of carbonyl (C=O) groups is 3. The second-order valence-electron chi connectivity index (χ2n) is 9.77. The smallest absolute Gasteiger partial charge is 0.279 e. The Labute approximate surface area is 222 Å². The molecule has 35 heavy (non-hydrogen) atoms. The van der Waals surface area contributed by atoms with Gasteiger partial charge in [-0.05, 0) is 19.8 Å². The van der Waals surface area contributed by atoms with Gasteiger partial charge in [0.25, 0.3) is 11.8 Å². The molecule has 7 nitrogen and oxygen atoms in total. The van der Waals surface area contributed by atoms with Crippen LogP contribution in [0.15, 0.2) is 0 Å². The van der Waals surface area contributed by atoms with E-state index in [9.17, 15) is 14.4 Å². The van der Waals surface area contributed by atoms with Crippen LogP contribution in [-0.2, 0) is 14.4 Å². The Bertz CT molecular complexity index is 553. The number of nitrogens with one attached hydrogen (secondary N) is 1. The van der Waals surface area contributed by atoms with Crippen LogP contribution in [0.1, 0.15) is 116 Å². The minimum atomic E-state index is -0.397. The first-order valence-electron chi connectivity index (χ1n) is 13.8. The molecule has 0 heterocycles. The molecule has 2 unspecified atom stereocenters. The van der Waals surface area contributed by atoms with Crippen molar-refractivity contribution in [2.45, 2.75) is 128 Å². The van der Waals surface area contributed by atoms with Gasteiger partial charge in [0.15, 0.2) is 12.1 Å². The van der Waals surface area contributed by atoms with E-state index in [-0.39, 0.29) is 11.9 Å². The first-order chi connectivity index (χ1) is 16.8. The van der Waals surface area contributed by atoms with Crippen molar-refractivity contribution >= 4 is 39.2 Å². The van der Waals surface area contributed by atoms with Gasteiger partial charge in [0.05, 0.1) is 11.5 Å². The maximum atomic E-state index is 12.1. The van der Waals surface area contributed by atoms with Crippen LogP contribution < -0.4 is 22.5 Å². The lowest BCUT2D eigenvalue weighted by molar-refractivity contribution is -0.396. The van der Waals surface area contributed by atoms with E-state index in [0.717, 1.165) is 25.8 Å². The summed E-state index contributed by atoms with van der Waals surface area (Å²) in [5, 5.41) is 2.98. The number of carbonyl (C=O) groups excluding carboxylic acids is 3. The molecule has 0 aromatic carbocycles. The number of rotatable bonds is 26. The third kappa shape index (κ3) is 24.7. The maximum absolute atomic E-state index is 12.1. The fourth-order valence-corrected chi connectivity index (χ4v) is 6.15. The molecule has 0 aliphatic rings. The average molecular weight is 535 g/mol. The predicted molar refractivity (Wildman–Crippen MR) is 150 cm³/mol. The molecule has 0 rings (SSSR count). The Morgan fingerprint density at radius 3 is 1.43 bits per heavy atom. The normalized spacial score (nSPS) is 12.9. The summed E-state index contributed by atoms with van der Waals surface area (Å²) in [5.74, 6) is 1.10. The molecular formula is C26H54N4O3S2+2. The molecule has 0 aromatic heterocycles. The maximum Gasteiger partial charge on any atom is 0.279 e. The molecule has 206 valence electrons. The highest BCUT2D eigenvalue weighted by atomic mass is 33.1. The molecule has 2 amide bonds. The van der Waals surface area contributed by atoms with E-state index in [4.69, 9.17) is 5.73 Å². The SMILES string of the molecule is CC(=O)CCCCCCCCCCCCCCCCCCNC(=O)C([NH3+])CSSCC([NH3+])C(N)=O. The highest BCUT2D eigenvalue weighted by Crippen LogP contribution is 2.21. The zero-order valence-electron chi connectivity index (χ0n) is 22.3. The zero-order valence-corrected chi connectivity index (χ0v) is 24.0. The third-order valence-electron chi connectivity index (χ3n) is 6.15. The first-order valence-corrected chi connectivity index (χ1v) is 16.3. The van der Waals surface area contributed by atoms with E-state index < -0.39 is 11.9 Å². The summed E-state index contributed by atoms with van der Waals surface area (Å²) in [4.78, 5) is 33.9. The summed E-state index contributed by atoms with van der Waals surface area (Å²) < 4.78 is 0. The summed E-state index contributed by atoms with van der Waals surface area (Å²) in [5.41, 5.74) is 12.8. The number of nitrogens with two attached hydrogens (primary N) is 1. The number of primary amides is 1. The van der Waals surface area contributed by atoms with Gasteiger partial charge in [-0.15, -0.1) is 0 Å². The van der Waals surface area contributed by atoms with Gasteiger partial charge in [-0.25, -0.2) is 0 Å². The van der Waals surface area contributed by atoms with Crippen molar-refractivity contribution in [3.63, 3.8) is 0 Å². The lowest BCUT2D eigenvalue weighted by atomic mass is 10.0. The Morgan fingerprint density at radius 1 is 0.657 bits per heavy atom. The number of unbranched alkanes of at least 4 members (excludes halogenated alkanes) is 15. The minimum absolute atomic E-state index is 0.00356. The molecule has 0 aromatic rings. The molecule has 9 heteroatoms. The van der Waals surface area contributed by atoms with Crippen LogP contribution in [-0.4, -0.2) is 47.7 Å². The summed E-state index contributed by atoms with van der Waals surface area (Å²) in [6, 6.07) is -0.681. The molecule has 9 N–H and O–H groups in total. The van der Waals surface area contributed by atoms with E-state index in [1.807, 2.05) is 0 Å². The Morgan fingerprint density at radius 2 is 1.03 bits per heavy atom. The van der Waals surface area contributed by atoms with E-state index in [1.165, 1.54) is 111 Å². The predicted octanol–water partition coefficient (Wildman–Crippen LogP) is 3.41. The van der Waals surface area contributed by atoms with Crippen molar-refractivity contribution < 1.29 is 25.9 Å². The molecule has 0 saturated heterocycles. The van der Waals surface area contributed by atoms with E-state index >= 15 is 0 Å². The number of hydrogen-bond donors (Lipinski definition) is 4. The summed E-state index contributed by atoms with van der Waals surface area (Å²) >= 11 is 0. The second-order valence-corrected chi connectivity index (χ2v) is 12.3. The Balaban J connectivity index is 3.30. The quantitative estimate of drug-likeness (QED) is 0.0992. The largest absolute Gasteiger partial charge is 0.364 e. The molecule has 0 aliphatic carbocycles. The van der Waals surface area contributed by atoms with Crippen LogP contribution in [0.4, 0.5) is 0 Å². The number of hydrogen-bond acceptors (Lipinski definition) is 5. The van der Waals surface area contributed by atoms with Crippen LogP contribution in [0.2, 0.25) is 0 Å². The van der Waals surface area contributed by atoms with Crippen molar-refractivity contribution in [1.82, 2.24) is 5.32 Å². The van der Waals surface area contributed by atoms with Gasteiger partial charge in [-0.2, -0.15) is 0 Å². The van der Waals surface area contributed by atoms with E-state index in [1.54, 1.807) is 6.92 Å². The van der Waals surface area contributed by atoms with Crippen molar-refractivity contribution in [1.29, 1.82) is 0 Å². The fraction of sp³-hybridized carbons (Fsp3) is 0.885. The Kier molecular flexibility index (Phi) is 24.4. The van der Waals surface area contributed by atoms with Crippen molar-refractivity contribution in [2.24, 2.45) is 5.73 Å². The molecule has 0 saturated carbocycles. The van der Waals surface area contributed by atoms with Gasteiger partial charge in [0, 0.05) is 13.0 Å². The molecule has 0 radical (unpaired) electrons. The van der Waals surface area contributed by atoms with Crippen LogP contribution in [0, 0.1) is 0 Å². The monoisotopic (exact) mass is 534 g/mol. The van der Waals surface area contributed by atoms with E-state index in [0.29, 0.717) is 17.3 Å². The fourth-order valence-electron chi connectivity index (χ4n) is 3.75. The molecular weight excluding hydrogens is 480 g/mol. The van der Waals surface area contributed by atoms with Crippen LogP contribution in [0.5, 0.6) is 0 Å². The molecule has 0 bridgehead atoms. The van der Waals surface area contributed by atoms with Crippen LogP contribution >= 0.6 is 21.6 Å². The van der Waals surface area contributed by atoms with Gasteiger partial charge in [-0.3, -0.25) is 9.59 Å². The summed E-state index contributed by atoms with van der Waals surface area (Å²) in [6.07, 6.45) is 21.2. The lowest BCUT2D eigenvalue weighted by Gasteiger charge is -2.09. The van der Waals surface area contributed by atoms with Crippen LogP contribution in [0.25, 0.3) is 0 Å². The van der Waals surface area contributed by atoms with Gasteiger partial charge in [0.2, 0.25) is 0 Å². The van der Waals surface area contributed by atoms with Crippen LogP contribution in [0.3, 0.4) is 0 Å².